The smallest absolute Gasteiger partial charge is 0.876 e. The van der Waals surface area contributed by atoms with Gasteiger partial charge in [0.15, 0.2) is 11.6 Å². The van der Waals surface area contributed by atoms with E-state index in [2.05, 4.69) is 44.2 Å². The van der Waals surface area contributed by atoms with Crippen LogP contribution in [-0.4, -0.2) is 36.3 Å². The molecule has 4 aromatic heterocycles. The molecule has 0 amide bonds. The van der Waals surface area contributed by atoms with E-state index in [1.54, 1.807) is 24.8 Å². The molecule has 0 bridgehead atoms. The molecule has 2 aliphatic carbocycles. The van der Waals surface area contributed by atoms with E-state index < -0.39 is 0 Å². The van der Waals surface area contributed by atoms with Gasteiger partial charge in [-0.3, -0.25) is 18.4 Å². The molecule has 4 heterocycles. The Morgan fingerprint density at radius 1 is 0.518 bits per heavy atom. The average Bonchev–Trinajstić information content (AvgIpc) is 3.98. The summed E-state index contributed by atoms with van der Waals surface area (Å²) in [5.74, 6) is 0.937. The van der Waals surface area contributed by atoms with Crippen molar-refractivity contribution in [1.82, 2.24) is 19.9 Å². The van der Waals surface area contributed by atoms with Crippen LogP contribution < -0.4 is 30.1 Å². The van der Waals surface area contributed by atoms with Crippen LogP contribution in [0.2, 0.25) is 0 Å². The van der Waals surface area contributed by atoms with Crippen molar-refractivity contribution in [2.75, 3.05) is 13.2 Å². The van der Waals surface area contributed by atoms with Crippen LogP contribution >= 0.6 is 0 Å². The van der Waals surface area contributed by atoms with E-state index in [0.717, 1.165) is 81.6 Å². The number of rotatable bonds is 11. The predicted molar refractivity (Wildman–Crippen MR) is 206 cm³/mol. The third-order valence-electron chi connectivity index (χ3n) is 7.41. The SMILES string of the molecule is C1=CC(=C(c2ccc[n-]2)c2ccc[n-]2)C=CC1=[O+]CCCC[O+]=C1C=CC(=C(c2ccc[n-]2)c2ccc[n-]2)C=C1.CC(=O)/C=C(/C)[O-].CC(=O)/C=C(/C)[O-].[Cu+2].[Cu+2]. The van der Waals surface area contributed by atoms with Gasteiger partial charge < -0.3 is 30.1 Å². The van der Waals surface area contributed by atoms with E-state index >= 15 is 0 Å². The van der Waals surface area contributed by atoms with Gasteiger partial charge in [0.1, 0.15) is 0 Å². The zero-order chi connectivity index (χ0) is 38.7. The number of hydrogen-bond acceptors (Lipinski definition) is 4. The fourth-order valence-electron chi connectivity index (χ4n) is 5.24. The van der Waals surface area contributed by atoms with Gasteiger partial charge in [-0.05, 0) is 72.6 Å². The van der Waals surface area contributed by atoms with Crippen LogP contribution in [0.1, 0.15) is 63.3 Å². The van der Waals surface area contributed by atoms with Gasteiger partial charge in [-0.15, -0.1) is 34.3 Å². The molecule has 0 aromatic carbocycles. The summed E-state index contributed by atoms with van der Waals surface area (Å²) >= 11 is 0. The number of carbonyl (C=O) groups excluding carboxylic acids is 4. The molecule has 2 aliphatic rings. The number of allylic oxidation sites excluding steroid dienone is 14. The maximum Gasteiger partial charge on any atom is 2.00 e. The molecular weight excluding hydrogens is 808 g/mol. The first kappa shape index (κ1) is 46.5. The monoisotopic (exact) mass is 848 g/mol. The van der Waals surface area contributed by atoms with Crippen LogP contribution in [-0.2, 0) is 52.6 Å². The van der Waals surface area contributed by atoms with Crippen LogP contribution in [0.15, 0.2) is 157 Å². The van der Waals surface area contributed by atoms with Crippen molar-refractivity contribution in [3.8, 4) is 0 Å². The normalized spacial score (nSPS) is 13.1. The Morgan fingerprint density at radius 3 is 1.00 bits per heavy atom. The number of ketones is 4. The fourth-order valence-corrected chi connectivity index (χ4v) is 5.24. The maximum atomic E-state index is 9.98. The van der Waals surface area contributed by atoms with Gasteiger partial charge in [0.2, 0.25) is 0 Å². The number of carbonyl (C=O) groups is 2. The summed E-state index contributed by atoms with van der Waals surface area (Å²) in [6, 6.07) is 15.8. The fraction of sp³-hybridized carbons (Fsp3) is 0.182. The molecule has 4 aromatic rings. The van der Waals surface area contributed by atoms with Crippen LogP contribution in [0, 0.1) is 0 Å². The first-order valence-corrected chi connectivity index (χ1v) is 17.3. The Hall–Kier alpha value is -5.64. The van der Waals surface area contributed by atoms with Crippen LogP contribution in [0.4, 0.5) is 0 Å². The molecule has 0 atom stereocenters. The zero-order valence-corrected chi connectivity index (χ0v) is 33.3. The molecule has 296 valence electrons. The van der Waals surface area contributed by atoms with E-state index in [1.165, 1.54) is 27.7 Å². The van der Waals surface area contributed by atoms with Crippen LogP contribution in [0.5, 0.6) is 0 Å². The van der Waals surface area contributed by atoms with Crippen molar-refractivity contribution in [2.24, 2.45) is 0 Å². The van der Waals surface area contributed by atoms with Crippen LogP contribution in [0.25, 0.3) is 11.1 Å². The molecule has 0 unspecified atom stereocenters. The Labute approximate surface area is 348 Å². The summed E-state index contributed by atoms with van der Waals surface area (Å²) in [5.41, 5.74) is 7.82. The summed E-state index contributed by atoms with van der Waals surface area (Å²) in [5, 5.41) is 20.0. The summed E-state index contributed by atoms with van der Waals surface area (Å²) in [6.45, 7) is 6.65. The minimum atomic E-state index is -0.187. The van der Waals surface area contributed by atoms with Crippen molar-refractivity contribution < 1.29 is 62.8 Å². The van der Waals surface area contributed by atoms with E-state index in [4.69, 9.17) is 8.85 Å². The standard InChI is InChI=1S/C34H28N4O2.2C5H8O2.2Cu/c1(23-39-27-15-11-25(12-16-27)33(29-7-3-19-35-29)30-8-4-20-36-30)2-24-40-28-17-13-26(14-18-28)34(31-9-5-21-37-31)32-10-6-22-38-32;2*1-4(6)3-5(2)7;;/h3-22H,1-2,23-24H2;2*3,6H,1-2H3;;/q-2;;;2*+2/p-2/b;2*4-3-;;. The van der Waals surface area contributed by atoms with E-state index in [0.29, 0.717) is 13.2 Å². The quantitative estimate of drug-likeness (QED) is 0.0689. The Morgan fingerprint density at radius 2 is 0.804 bits per heavy atom. The van der Waals surface area contributed by atoms with Gasteiger partial charge >= 0.3 is 45.7 Å². The summed E-state index contributed by atoms with van der Waals surface area (Å²) in [4.78, 5) is 37.9. The molecule has 6 rings (SSSR count). The molecule has 12 heteroatoms. The molecule has 10 nitrogen and oxygen atoms in total. The number of hydrogen-bond donors (Lipinski definition) is 0. The Bertz CT molecular complexity index is 1870. The second kappa shape index (κ2) is 24.7. The average molecular weight is 850 g/mol. The summed E-state index contributed by atoms with van der Waals surface area (Å²) in [7, 11) is 0. The second-order valence-corrected chi connectivity index (χ2v) is 12.0. The van der Waals surface area contributed by atoms with Crippen LogP contribution in [0.3, 0.4) is 0 Å². The van der Waals surface area contributed by atoms with E-state index in [1.807, 2.05) is 72.8 Å². The molecule has 56 heavy (non-hydrogen) atoms. The largest absolute Gasteiger partial charge is 2.00 e. The number of aromatic nitrogens is 4. The topological polar surface area (TPSA) is 159 Å². The Balaban J connectivity index is 0.000000581. The van der Waals surface area contributed by atoms with Crippen molar-refractivity contribution in [3.63, 3.8) is 0 Å². The zero-order valence-electron chi connectivity index (χ0n) is 31.4. The van der Waals surface area contributed by atoms with Crippen molar-refractivity contribution >= 4 is 34.3 Å². The minimum absolute atomic E-state index is 0. The number of nitrogens with zero attached hydrogens (tertiary/aromatic N) is 4. The molecule has 0 saturated carbocycles. The predicted octanol–water partition coefficient (Wildman–Crippen LogP) is 4.74. The third kappa shape index (κ3) is 15.6. The first-order chi connectivity index (χ1) is 26.1. The van der Waals surface area contributed by atoms with E-state index in [-0.39, 0.29) is 57.2 Å². The van der Waals surface area contributed by atoms with Gasteiger partial charge in [0.05, 0.1) is 0 Å². The van der Waals surface area contributed by atoms with Gasteiger partial charge in [0, 0.05) is 37.1 Å². The van der Waals surface area contributed by atoms with Crippen molar-refractivity contribution in [2.45, 2.75) is 40.5 Å². The van der Waals surface area contributed by atoms with Crippen molar-refractivity contribution in [1.29, 1.82) is 0 Å². The Kier molecular flexibility index (Phi) is 20.5. The minimum Gasteiger partial charge on any atom is -0.876 e. The van der Waals surface area contributed by atoms with Gasteiger partial charge in [-0.25, -0.2) is 0 Å². The van der Waals surface area contributed by atoms with Gasteiger partial charge in [-0.2, -0.15) is 24.8 Å². The van der Waals surface area contributed by atoms with E-state index in [9.17, 15) is 19.8 Å². The third-order valence-corrected chi connectivity index (χ3v) is 7.41. The maximum absolute atomic E-state index is 9.98. The number of unbranched alkanes of at least 4 members (excludes halogenated alkanes) is 1. The molecule has 0 fully saturated rings. The molecule has 2 radical (unpaired) electrons. The molecule has 0 aliphatic heterocycles. The molecule has 0 spiro atoms. The summed E-state index contributed by atoms with van der Waals surface area (Å²) in [6.07, 6.45) is 27.4. The summed E-state index contributed by atoms with van der Waals surface area (Å²) < 4.78 is 12.0. The van der Waals surface area contributed by atoms with Gasteiger partial charge in [-0.1, -0.05) is 62.4 Å². The molecule has 0 N–H and O–H groups in total. The molecular formula is C44H42Cu2N4O6. The first-order valence-electron chi connectivity index (χ1n) is 17.3. The van der Waals surface area contributed by atoms with Crippen molar-refractivity contribution in [3.05, 3.63) is 180 Å². The van der Waals surface area contributed by atoms with Gasteiger partial charge in [0.25, 0.3) is 13.2 Å². The second-order valence-electron chi connectivity index (χ2n) is 12.0. The molecule has 0 saturated heterocycles.